The van der Waals surface area contributed by atoms with E-state index in [4.69, 9.17) is 0 Å². The van der Waals surface area contributed by atoms with Gasteiger partial charge in [-0.2, -0.15) is 4.31 Å². The van der Waals surface area contributed by atoms with Crippen LogP contribution in [0.15, 0.2) is 52.3 Å². The SMILES string of the molecule is CS(=O)(=O)c1ccc2c(c1)CCCN2C(=O)C1CCN(S(=O)(=O)c2ccc(F)cc2)CC1. The third kappa shape index (κ3) is 4.44. The molecule has 2 aliphatic heterocycles. The Kier molecular flexibility index (Phi) is 6.12. The van der Waals surface area contributed by atoms with E-state index < -0.39 is 25.7 Å². The van der Waals surface area contributed by atoms with Crippen LogP contribution in [0.4, 0.5) is 10.1 Å². The van der Waals surface area contributed by atoms with Crippen LogP contribution in [0.3, 0.4) is 0 Å². The lowest BCUT2D eigenvalue weighted by molar-refractivity contribution is -0.123. The van der Waals surface area contributed by atoms with Crippen molar-refractivity contribution < 1.29 is 26.0 Å². The number of hydrogen-bond donors (Lipinski definition) is 0. The molecule has 7 nitrogen and oxygen atoms in total. The van der Waals surface area contributed by atoms with Crippen LogP contribution in [-0.2, 0) is 31.1 Å². The average Bonchev–Trinajstić information content (AvgIpc) is 2.77. The minimum Gasteiger partial charge on any atom is -0.312 e. The van der Waals surface area contributed by atoms with E-state index in [2.05, 4.69) is 0 Å². The van der Waals surface area contributed by atoms with Gasteiger partial charge in [-0.1, -0.05) is 0 Å². The fourth-order valence-corrected chi connectivity index (χ4v) is 6.49. The van der Waals surface area contributed by atoms with E-state index in [0.717, 1.165) is 36.1 Å². The van der Waals surface area contributed by atoms with Gasteiger partial charge in [0.05, 0.1) is 9.79 Å². The van der Waals surface area contributed by atoms with Crippen LogP contribution in [0.2, 0.25) is 0 Å². The summed E-state index contributed by atoms with van der Waals surface area (Å²) in [6.45, 7) is 0.978. The number of halogens is 1. The van der Waals surface area contributed by atoms with Gasteiger partial charge in [0.2, 0.25) is 15.9 Å². The molecule has 0 unspecified atom stereocenters. The standard InChI is InChI=1S/C22H25FN2O5S2/c1-31(27,28)20-8-9-21-17(15-20)3-2-12-25(21)22(26)16-10-13-24(14-11-16)32(29,30)19-6-4-18(23)5-7-19/h4-9,15-16H,2-3,10-14H2,1H3. The topological polar surface area (TPSA) is 91.8 Å². The number of anilines is 1. The first-order valence-electron chi connectivity index (χ1n) is 10.5. The van der Waals surface area contributed by atoms with E-state index in [1.807, 2.05) is 0 Å². The number of fused-ring (bicyclic) bond motifs is 1. The maximum atomic E-state index is 13.3. The highest BCUT2D eigenvalue weighted by Gasteiger charge is 2.35. The minimum atomic E-state index is -3.74. The predicted octanol–water partition coefficient (Wildman–Crippen LogP) is 2.61. The van der Waals surface area contributed by atoms with Gasteiger partial charge in [0, 0.05) is 37.5 Å². The molecule has 0 bridgehead atoms. The number of carbonyl (C=O) groups excluding carboxylic acids is 1. The Labute approximate surface area is 187 Å². The molecule has 2 aromatic carbocycles. The molecule has 172 valence electrons. The Morgan fingerprint density at radius 1 is 0.938 bits per heavy atom. The summed E-state index contributed by atoms with van der Waals surface area (Å²) in [5, 5.41) is 0. The molecule has 0 aromatic heterocycles. The fraction of sp³-hybridized carbons (Fsp3) is 0.409. The molecule has 1 fully saturated rings. The minimum absolute atomic E-state index is 0.0373. The Balaban J connectivity index is 1.47. The number of benzene rings is 2. The van der Waals surface area contributed by atoms with E-state index in [1.54, 1.807) is 17.0 Å². The van der Waals surface area contributed by atoms with Gasteiger partial charge in [-0.25, -0.2) is 21.2 Å². The highest BCUT2D eigenvalue weighted by molar-refractivity contribution is 7.90. The monoisotopic (exact) mass is 480 g/mol. The van der Waals surface area contributed by atoms with Gasteiger partial charge in [0.15, 0.2) is 9.84 Å². The quantitative estimate of drug-likeness (QED) is 0.671. The summed E-state index contributed by atoms with van der Waals surface area (Å²) < 4.78 is 63.8. The van der Waals surface area contributed by atoms with Gasteiger partial charge in [-0.3, -0.25) is 4.79 Å². The number of aryl methyl sites for hydroxylation is 1. The molecular weight excluding hydrogens is 455 g/mol. The summed E-state index contributed by atoms with van der Waals surface area (Å²) in [4.78, 5) is 15.2. The molecular formula is C22H25FN2O5S2. The largest absolute Gasteiger partial charge is 0.312 e. The Morgan fingerprint density at radius 2 is 1.56 bits per heavy atom. The summed E-state index contributed by atoms with van der Waals surface area (Å²) in [6, 6.07) is 9.59. The number of piperidine rings is 1. The molecule has 4 rings (SSSR count). The zero-order valence-corrected chi connectivity index (χ0v) is 19.3. The highest BCUT2D eigenvalue weighted by atomic mass is 32.2. The van der Waals surface area contributed by atoms with Crippen LogP contribution in [0.5, 0.6) is 0 Å². The smallest absolute Gasteiger partial charge is 0.243 e. The first-order chi connectivity index (χ1) is 15.1. The molecule has 2 aromatic rings. The molecule has 2 heterocycles. The van der Waals surface area contributed by atoms with E-state index in [0.29, 0.717) is 25.8 Å². The fourth-order valence-electron chi connectivity index (χ4n) is 4.35. The maximum absolute atomic E-state index is 13.3. The maximum Gasteiger partial charge on any atom is 0.243 e. The second-order valence-electron chi connectivity index (χ2n) is 8.29. The van der Waals surface area contributed by atoms with E-state index in [9.17, 15) is 26.0 Å². The van der Waals surface area contributed by atoms with Crippen LogP contribution in [0.25, 0.3) is 0 Å². The molecule has 2 aliphatic rings. The van der Waals surface area contributed by atoms with E-state index in [-0.39, 0.29) is 34.7 Å². The lowest BCUT2D eigenvalue weighted by Crippen LogP contribution is -2.45. The van der Waals surface area contributed by atoms with Crippen molar-refractivity contribution >= 4 is 31.5 Å². The number of amides is 1. The Bertz CT molecular complexity index is 1240. The summed E-state index contributed by atoms with van der Waals surface area (Å²) >= 11 is 0. The first-order valence-corrected chi connectivity index (χ1v) is 13.8. The number of rotatable bonds is 4. The van der Waals surface area contributed by atoms with Crippen molar-refractivity contribution in [1.29, 1.82) is 0 Å². The molecule has 1 saturated heterocycles. The second kappa shape index (κ2) is 8.57. The summed E-state index contributed by atoms with van der Waals surface area (Å²) in [6.07, 6.45) is 3.40. The van der Waals surface area contributed by atoms with Crippen LogP contribution in [0.1, 0.15) is 24.8 Å². The van der Waals surface area contributed by atoms with Crippen LogP contribution in [0, 0.1) is 11.7 Å². The lowest BCUT2D eigenvalue weighted by atomic mass is 9.94. The van der Waals surface area contributed by atoms with Crippen molar-refractivity contribution in [2.24, 2.45) is 5.92 Å². The van der Waals surface area contributed by atoms with E-state index in [1.165, 1.54) is 22.5 Å². The number of sulfonamides is 1. The zero-order chi connectivity index (χ0) is 23.1. The molecule has 0 saturated carbocycles. The van der Waals surface area contributed by atoms with Crippen LogP contribution >= 0.6 is 0 Å². The van der Waals surface area contributed by atoms with Gasteiger partial charge in [0.1, 0.15) is 5.82 Å². The van der Waals surface area contributed by atoms with Crippen molar-refractivity contribution in [2.45, 2.75) is 35.5 Å². The predicted molar refractivity (Wildman–Crippen MR) is 118 cm³/mol. The molecule has 0 spiro atoms. The van der Waals surface area contributed by atoms with Gasteiger partial charge in [-0.15, -0.1) is 0 Å². The Hall–Kier alpha value is -2.30. The van der Waals surface area contributed by atoms with Crippen molar-refractivity contribution in [1.82, 2.24) is 4.31 Å². The van der Waals surface area contributed by atoms with Crippen molar-refractivity contribution in [3.63, 3.8) is 0 Å². The molecule has 0 N–H and O–H groups in total. The number of sulfone groups is 1. The van der Waals surface area contributed by atoms with Crippen molar-refractivity contribution in [3.8, 4) is 0 Å². The average molecular weight is 481 g/mol. The number of carbonyl (C=O) groups is 1. The lowest BCUT2D eigenvalue weighted by Gasteiger charge is -2.36. The molecule has 0 aliphatic carbocycles. The normalized spacial score (nSPS) is 18.4. The summed E-state index contributed by atoms with van der Waals surface area (Å²) in [5.74, 6) is -0.870. The Morgan fingerprint density at radius 3 is 2.19 bits per heavy atom. The summed E-state index contributed by atoms with van der Waals surface area (Å²) in [7, 11) is -7.06. The van der Waals surface area contributed by atoms with Gasteiger partial charge in [0.25, 0.3) is 0 Å². The van der Waals surface area contributed by atoms with Crippen LogP contribution in [-0.4, -0.2) is 52.9 Å². The zero-order valence-electron chi connectivity index (χ0n) is 17.7. The second-order valence-corrected chi connectivity index (χ2v) is 12.2. The third-order valence-corrected chi connectivity index (χ3v) is 9.14. The van der Waals surface area contributed by atoms with Gasteiger partial charge in [-0.05, 0) is 73.7 Å². The van der Waals surface area contributed by atoms with Crippen molar-refractivity contribution in [2.75, 3.05) is 30.8 Å². The molecule has 1 amide bonds. The van der Waals surface area contributed by atoms with Gasteiger partial charge >= 0.3 is 0 Å². The number of hydrogen-bond acceptors (Lipinski definition) is 5. The van der Waals surface area contributed by atoms with Gasteiger partial charge < -0.3 is 4.90 Å². The molecule has 32 heavy (non-hydrogen) atoms. The third-order valence-electron chi connectivity index (χ3n) is 6.12. The molecule has 0 atom stereocenters. The highest BCUT2D eigenvalue weighted by Crippen LogP contribution is 2.33. The van der Waals surface area contributed by atoms with Crippen LogP contribution < -0.4 is 4.90 Å². The molecule has 0 radical (unpaired) electrons. The first kappa shape index (κ1) is 22.9. The van der Waals surface area contributed by atoms with E-state index >= 15 is 0 Å². The summed E-state index contributed by atoms with van der Waals surface area (Å²) in [5.41, 5.74) is 1.57. The van der Waals surface area contributed by atoms with Crippen molar-refractivity contribution in [3.05, 3.63) is 53.8 Å². The molecule has 10 heteroatoms. The number of nitrogens with zero attached hydrogens (tertiary/aromatic N) is 2.